The number of aryl methyl sites for hydroxylation is 1. The zero-order valence-corrected chi connectivity index (χ0v) is 14.1. The summed E-state index contributed by atoms with van der Waals surface area (Å²) < 4.78 is 11.4. The van der Waals surface area contributed by atoms with E-state index in [0.29, 0.717) is 13.2 Å². The highest BCUT2D eigenvalue weighted by Crippen LogP contribution is 2.28. The fourth-order valence-corrected chi connectivity index (χ4v) is 2.23. The Morgan fingerprint density at radius 1 is 0.864 bits per heavy atom. The van der Waals surface area contributed by atoms with Gasteiger partial charge >= 0.3 is 0 Å². The van der Waals surface area contributed by atoms with Gasteiger partial charge < -0.3 is 9.47 Å². The van der Waals surface area contributed by atoms with Crippen LogP contribution in [0.15, 0.2) is 48.5 Å². The Balaban J connectivity index is 1.80. The minimum atomic E-state index is 0.215. The van der Waals surface area contributed by atoms with Gasteiger partial charge in [0.1, 0.15) is 24.7 Å². The molecule has 2 heteroatoms. The first-order chi connectivity index (χ1) is 10.5. The molecule has 0 saturated heterocycles. The van der Waals surface area contributed by atoms with Crippen LogP contribution in [-0.4, -0.2) is 13.2 Å². The molecule has 0 spiro atoms. The summed E-state index contributed by atoms with van der Waals surface area (Å²) in [5.74, 6) is 1.78. The smallest absolute Gasteiger partial charge is 0.122 e. The van der Waals surface area contributed by atoms with Crippen molar-refractivity contribution in [2.75, 3.05) is 13.2 Å². The Labute approximate surface area is 134 Å². The molecule has 22 heavy (non-hydrogen) atoms. The fourth-order valence-electron chi connectivity index (χ4n) is 2.23. The number of hydrogen-bond acceptors (Lipinski definition) is 2. The van der Waals surface area contributed by atoms with Crippen LogP contribution in [0.3, 0.4) is 0 Å². The Bertz CT molecular complexity index is 585. The molecule has 2 rings (SSSR count). The maximum atomic E-state index is 5.73. The van der Waals surface area contributed by atoms with Gasteiger partial charge in [-0.15, -0.1) is 0 Å². The van der Waals surface area contributed by atoms with Crippen LogP contribution in [0.5, 0.6) is 11.5 Å². The summed E-state index contributed by atoms with van der Waals surface area (Å²) in [6.45, 7) is 9.89. The van der Waals surface area contributed by atoms with Gasteiger partial charge in [0.25, 0.3) is 0 Å². The molecule has 2 aromatic rings. The molecule has 0 unspecified atom stereocenters. The van der Waals surface area contributed by atoms with Crippen molar-refractivity contribution in [3.8, 4) is 11.5 Å². The molecular weight excluding hydrogens is 272 g/mol. The second-order valence-electron chi connectivity index (χ2n) is 6.28. The van der Waals surface area contributed by atoms with Gasteiger partial charge in [-0.1, -0.05) is 45.0 Å². The van der Waals surface area contributed by atoms with E-state index < -0.39 is 0 Å². The summed E-state index contributed by atoms with van der Waals surface area (Å²) in [4.78, 5) is 0. The van der Waals surface area contributed by atoms with Crippen molar-refractivity contribution in [1.29, 1.82) is 0 Å². The van der Waals surface area contributed by atoms with Crippen LogP contribution in [0, 0.1) is 6.92 Å². The van der Waals surface area contributed by atoms with E-state index in [1.165, 1.54) is 11.1 Å². The van der Waals surface area contributed by atoms with Crippen LogP contribution in [0.1, 0.15) is 38.3 Å². The first kappa shape index (κ1) is 16.4. The van der Waals surface area contributed by atoms with Crippen LogP contribution in [0.25, 0.3) is 0 Å². The minimum Gasteiger partial charge on any atom is -0.490 e. The Morgan fingerprint density at radius 3 is 2.09 bits per heavy atom. The van der Waals surface area contributed by atoms with Crippen LogP contribution in [0.4, 0.5) is 0 Å². The first-order valence-corrected chi connectivity index (χ1v) is 7.94. The van der Waals surface area contributed by atoms with Gasteiger partial charge in [-0.05, 0) is 54.2 Å². The average Bonchev–Trinajstić information content (AvgIpc) is 2.52. The second-order valence-corrected chi connectivity index (χ2v) is 6.28. The highest BCUT2D eigenvalue weighted by molar-refractivity contribution is 5.31. The first-order valence-electron chi connectivity index (χ1n) is 7.94. The van der Waals surface area contributed by atoms with Gasteiger partial charge in [0.2, 0.25) is 0 Å². The van der Waals surface area contributed by atoms with Crippen LogP contribution < -0.4 is 9.47 Å². The van der Waals surface area contributed by atoms with Crippen molar-refractivity contribution in [2.45, 2.75) is 39.5 Å². The predicted molar refractivity (Wildman–Crippen MR) is 91.9 cm³/mol. The third kappa shape index (κ3) is 4.52. The zero-order chi connectivity index (χ0) is 16.0. The molecule has 0 aliphatic carbocycles. The van der Waals surface area contributed by atoms with Gasteiger partial charge in [0, 0.05) is 0 Å². The van der Waals surface area contributed by atoms with E-state index in [1.54, 1.807) is 0 Å². The van der Waals surface area contributed by atoms with Crippen LogP contribution in [0.2, 0.25) is 0 Å². The van der Waals surface area contributed by atoms with Gasteiger partial charge in [-0.3, -0.25) is 0 Å². The molecule has 118 valence electrons. The van der Waals surface area contributed by atoms with Crippen LogP contribution >= 0.6 is 0 Å². The SMILES string of the molecule is CCC(C)(C)c1ccc(OCCOc2cccc(C)c2)cc1. The highest BCUT2D eigenvalue weighted by atomic mass is 16.5. The van der Waals surface area contributed by atoms with Crippen molar-refractivity contribution in [3.63, 3.8) is 0 Å². The molecule has 0 aliphatic heterocycles. The van der Waals surface area contributed by atoms with Crippen molar-refractivity contribution in [3.05, 3.63) is 59.7 Å². The lowest BCUT2D eigenvalue weighted by atomic mass is 9.82. The Morgan fingerprint density at radius 2 is 1.50 bits per heavy atom. The average molecular weight is 298 g/mol. The maximum absolute atomic E-state index is 5.73. The molecule has 2 aromatic carbocycles. The summed E-state index contributed by atoms with van der Waals surface area (Å²) in [6, 6.07) is 16.4. The van der Waals surface area contributed by atoms with Gasteiger partial charge in [0.05, 0.1) is 0 Å². The van der Waals surface area contributed by atoms with E-state index in [0.717, 1.165) is 17.9 Å². The van der Waals surface area contributed by atoms with Gasteiger partial charge in [-0.2, -0.15) is 0 Å². The lowest BCUT2D eigenvalue weighted by molar-refractivity contribution is 0.217. The van der Waals surface area contributed by atoms with Crippen LogP contribution in [-0.2, 0) is 5.41 Å². The summed E-state index contributed by atoms with van der Waals surface area (Å²) in [5, 5.41) is 0. The summed E-state index contributed by atoms with van der Waals surface area (Å²) in [7, 11) is 0. The molecule has 0 heterocycles. The highest BCUT2D eigenvalue weighted by Gasteiger charge is 2.17. The summed E-state index contributed by atoms with van der Waals surface area (Å²) in [6.07, 6.45) is 1.12. The molecular formula is C20H26O2. The second kappa shape index (κ2) is 7.35. The topological polar surface area (TPSA) is 18.5 Å². The Kier molecular flexibility index (Phi) is 5.48. The van der Waals surface area contributed by atoms with E-state index in [1.807, 2.05) is 30.3 Å². The summed E-state index contributed by atoms with van der Waals surface area (Å²) >= 11 is 0. The monoisotopic (exact) mass is 298 g/mol. The lowest BCUT2D eigenvalue weighted by Crippen LogP contribution is -2.15. The number of ether oxygens (including phenoxy) is 2. The number of hydrogen-bond donors (Lipinski definition) is 0. The molecule has 0 atom stereocenters. The molecule has 0 aliphatic rings. The van der Waals surface area contributed by atoms with E-state index in [4.69, 9.17) is 9.47 Å². The molecule has 0 fully saturated rings. The van der Waals surface area contributed by atoms with E-state index in [2.05, 4.69) is 45.9 Å². The van der Waals surface area contributed by atoms with E-state index in [-0.39, 0.29) is 5.41 Å². The summed E-state index contributed by atoms with van der Waals surface area (Å²) in [5.41, 5.74) is 2.76. The minimum absolute atomic E-state index is 0.215. The van der Waals surface area contributed by atoms with Crippen molar-refractivity contribution in [1.82, 2.24) is 0 Å². The zero-order valence-electron chi connectivity index (χ0n) is 14.1. The largest absolute Gasteiger partial charge is 0.490 e. The quantitative estimate of drug-likeness (QED) is 0.659. The van der Waals surface area contributed by atoms with Crippen molar-refractivity contribution in [2.24, 2.45) is 0 Å². The fraction of sp³-hybridized carbons (Fsp3) is 0.400. The molecule has 0 amide bonds. The molecule has 2 nitrogen and oxygen atoms in total. The molecule has 0 aromatic heterocycles. The van der Waals surface area contributed by atoms with Gasteiger partial charge in [-0.25, -0.2) is 0 Å². The Hall–Kier alpha value is -1.96. The third-order valence-electron chi connectivity index (χ3n) is 4.13. The lowest BCUT2D eigenvalue weighted by Gasteiger charge is -2.23. The molecule has 0 radical (unpaired) electrons. The normalized spacial score (nSPS) is 11.3. The molecule has 0 saturated carbocycles. The molecule has 0 bridgehead atoms. The van der Waals surface area contributed by atoms with Crippen molar-refractivity contribution >= 4 is 0 Å². The number of benzene rings is 2. The van der Waals surface area contributed by atoms with Gasteiger partial charge in [0.15, 0.2) is 0 Å². The van der Waals surface area contributed by atoms with E-state index in [9.17, 15) is 0 Å². The standard InChI is InChI=1S/C20H26O2/c1-5-20(3,4)17-9-11-18(12-10-17)21-13-14-22-19-8-6-7-16(2)15-19/h6-12,15H,5,13-14H2,1-4H3. The maximum Gasteiger partial charge on any atom is 0.122 e. The third-order valence-corrected chi connectivity index (χ3v) is 4.13. The van der Waals surface area contributed by atoms with E-state index >= 15 is 0 Å². The predicted octanol–water partition coefficient (Wildman–Crippen LogP) is 5.14. The van der Waals surface area contributed by atoms with Crippen molar-refractivity contribution < 1.29 is 9.47 Å². The molecule has 0 N–H and O–H groups in total. The number of rotatable bonds is 7.